The fourth-order valence-corrected chi connectivity index (χ4v) is 3.84. The van der Waals surface area contributed by atoms with Crippen LogP contribution in [-0.4, -0.2) is 26.9 Å². The van der Waals surface area contributed by atoms with Gasteiger partial charge >= 0.3 is 0 Å². The average Bonchev–Trinajstić information content (AvgIpc) is 3.07. The Morgan fingerprint density at radius 1 is 1.23 bits per heavy atom. The maximum Gasteiger partial charge on any atom is 0.262 e. The zero-order valence-electron chi connectivity index (χ0n) is 14.2. The number of benzene rings is 1. The van der Waals surface area contributed by atoms with Crippen molar-refractivity contribution in [2.45, 2.75) is 25.9 Å². The van der Waals surface area contributed by atoms with E-state index in [4.69, 9.17) is 0 Å². The molecule has 1 aliphatic heterocycles. The second-order valence-electron chi connectivity index (χ2n) is 6.58. The minimum absolute atomic E-state index is 0.192. The summed E-state index contributed by atoms with van der Waals surface area (Å²) in [5, 5.41) is 5.10. The number of nitrogens with one attached hydrogen (secondary N) is 1. The van der Waals surface area contributed by atoms with Crippen molar-refractivity contribution in [1.29, 1.82) is 0 Å². The largest absolute Gasteiger partial charge is 0.322 e. The molecule has 1 aromatic carbocycles. The van der Waals surface area contributed by atoms with Gasteiger partial charge in [0.2, 0.25) is 11.8 Å². The Balaban J connectivity index is 1.75. The smallest absolute Gasteiger partial charge is 0.262 e. The highest BCUT2D eigenvalue weighted by atomic mass is 32.1. The fourth-order valence-electron chi connectivity index (χ4n) is 3.12. The normalized spacial score (nSPS) is 15.6. The van der Waals surface area contributed by atoms with Gasteiger partial charge < -0.3 is 5.32 Å². The molecule has 2 amide bonds. The van der Waals surface area contributed by atoms with Gasteiger partial charge in [-0.25, -0.2) is 4.98 Å². The first kappa shape index (κ1) is 16.5. The molecule has 26 heavy (non-hydrogen) atoms. The Morgan fingerprint density at radius 2 is 2.00 bits per heavy atom. The van der Waals surface area contributed by atoms with E-state index in [1.165, 1.54) is 27.1 Å². The van der Waals surface area contributed by atoms with Crippen LogP contribution in [0.5, 0.6) is 0 Å². The number of rotatable bonds is 2. The summed E-state index contributed by atoms with van der Waals surface area (Å²) in [4.78, 5) is 44.4. The van der Waals surface area contributed by atoms with E-state index in [0.717, 1.165) is 0 Å². The molecule has 2 aromatic heterocycles. The van der Waals surface area contributed by atoms with E-state index in [-0.39, 0.29) is 23.9 Å². The van der Waals surface area contributed by atoms with Crippen LogP contribution in [0.3, 0.4) is 0 Å². The molecule has 3 heterocycles. The number of hydrogen-bond donors (Lipinski definition) is 1. The van der Waals surface area contributed by atoms with Crippen LogP contribution in [0.25, 0.3) is 10.2 Å². The number of thiophene rings is 1. The van der Waals surface area contributed by atoms with Gasteiger partial charge in [0.15, 0.2) is 0 Å². The van der Waals surface area contributed by atoms with Crippen molar-refractivity contribution < 1.29 is 9.59 Å². The number of nitrogens with zero attached hydrogens (tertiary/aromatic N) is 3. The van der Waals surface area contributed by atoms with E-state index in [0.29, 0.717) is 21.6 Å². The van der Waals surface area contributed by atoms with Crippen LogP contribution in [0.15, 0.2) is 46.8 Å². The number of amides is 2. The Morgan fingerprint density at radius 3 is 2.81 bits per heavy atom. The number of para-hydroxylation sites is 2. The molecule has 0 radical (unpaired) electrons. The van der Waals surface area contributed by atoms with Gasteiger partial charge in [0.1, 0.15) is 16.9 Å². The number of carbonyl (C=O) groups excluding carboxylic acids is 2. The predicted molar refractivity (Wildman–Crippen MR) is 101 cm³/mol. The molecule has 1 aliphatic rings. The number of carbonyl (C=O) groups is 2. The molecule has 0 aliphatic carbocycles. The number of aromatic nitrogens is 2. The van der Waals surface area contributed by atoms with Gasteiger partial charge in [-0.3, -0.25) is 23.9 Å². The SMILES string of the molecule is CC1(C)C(=O)Nc2ccccc2N1C(=O)Cn1cnc2sccc2c1=O. The molecule has 0 atom stereocenters. The third kappa shape index (κ3) is 2.41. The lowest BCUT2D eigenvalue weighted by Gasteiger charge is -2.42. The van der Waals surface area contributed by atoms with Gasteiger partial charge in [-0.1, -0.05) is 12.1 Å². The van der Waals surface area contributed by atoms with E-state index in [9.17, 15) is 14.4 Å². The van der Waals surface area contributed by atoms with Gasteiger partial charge in [0.25, 0.3) is 5.56 Å². The Hall–Kier alpha value is -3.00. The standard InChI is InChI=1S/C18H16N4O3S/c1-18(2)17(25)20-12-5-3-4-6-13(12)22(18)14(23)9-21-10-19-15-11(16(21)24)7-8-26-15/h3-8,10H,9H2,1-2H3,(H,20,25). The highest BCUT2D eigenvalue weighted by Crippen LogP contribution is 2.36. The number of anilines is 2. The lowest BCUT2D eigenvalue weighted by Crippen LogP contribution is -2.59. The fraction of sp³-hybridized carbons (Fsp3) is 0.222. The third-order valence-electron chi connectivity index (χ3n) is 4.51. The maximum atomic E-state index is 13.1. The van der Waals surface area contributed by atoms with Crippen LogP contribution in [0.1, 0.15) is 13.8 Å². The van der Waals surface area contributed by atoms with Crippen molar-refractivity contribution in [3.05, 3.63) is 52.4 Å². The van der Waals surface area contributed by atoms with E-state index >= 15 is 0 Å². The molecular formula is C18H16N4O3S. The van der Waals surface area contributed by atoms with Crippen LogP contribution in [0, 0.1) is 0 Å². The first-order valence-electron chi connectivity index (χ1n) is 8.06. The van der Waals surface area contributed by atoms with Crippen LogP contribution in [0.4, 0.5) is 11.4 Å². The molecule has 0 bridgehead atoms. The highest BCUT2D eigenvalue weighted by molar-refractivity contribution is 7.16. The second-order valence-corrected chi connectivity index (χ2v) is 7.47. The topological polar surface area (TPSA) is 84.3 Å². The van der Waals surface area contributed by atoms with Crippen molar-refractivity contribution in [1.82, 2.24) is 9.55 Å². The van der Waals surface area contributed by atoms with Crippen molar-refractivity contribution in [2.75, 3.05) is 10.2 Å². The predicted octanol–water partition coefficient (Wildman–Crippen LogP) is 2.22. The van der Waals surface area contributed by atoms with E-state index in [1.54, 1.807) is 49.6 Å². The van der Waals surface area contributed by atoms with Crippen LogP contribution >= 0.6 is 11.3 Å². The molecule has 8 heteroatoms. The Kier molecular flexibility index (Phi) is 3.66. The molecule has 0 fully saturated rings. The molecule has 0 spiro atoms. The average molecular weight is 368 g/mol. The minimum Gasteiger partial charge on any atom is -0.322 e. The van der Waals surface area contributed by atoms with Crippen molar-refractivity contribution in [3.8, 4) is 0 Å². The Bertz CT molecular complexity index is 1100. The van der Waals surface area contributed by atoms with E-state index in [2.05, 4.69) is 10.3 Å². The van der Waals surface area contributed by atoms with Gasteiger partial charge in [-0.05, 0) is 37.4 Å². The molecule has 132 valence electrons. The number of fused-ring (bicyclic) bond motifs is 2. The summed E-state index contributed by atoms with van der Waals surface area (Å²) < 4.78 is 1.28. The first-order chi connectivity index (χ1) is 12.4. The van der Waals surface area contributed by atoms with Gasteiger partial charge in [-0.15, -0.1) is 11.3 Å². The van der Waals surface area contributed by atoms with Crippen LogP contribution in [-0.2, 0) is 16.1 Å². The van der Waals surface area contributed by atoms with Gasteiger partial charge in [-0.2, -0.15) is 0 Å². The second kappa shape index (κ2) is 5.77. The molecular weight excluding hydrogens is 352 g/mol. The summed E-state index contributed by atoms with van der Waals surface area (Å²) in [6.45, 7) is 3.17. The monoisotopic (exact) mass is 368 g/mol. The zero-order valence-corrected chi connectivity index (χ0v) is 15.0. The molecule has 4 rings (SSSR count). The molecule has 0 saturated carbocycles. The van der Waals surface area contributed by atoms with E-state index < -0.39 is 5.54 Å². The lowest BCUT2D eigenvalue weighted by molar-refractivity contribution is -0.126. The minimum atomic E-state index is -1.07. The van der Waals surface area contributed by atoms with Crippen LogP contribution in [0.2, 0.25) is 0 Å². The molecule has 7 nitrogen and oxygen atoms in total. The Labute approximate surface area is 152 Å². The van der Waals surface area contributed by atoms with Gasteiger partial charge in [0.05, 0.1) is 23.1 Å². The van der Waals surface area contributed by atoms with Crippen molar-refractivity contribution >= 4 is 44.7 Å². The lowest BCUT2D eigenvalue weighted by atomic mass is 9.96. The maximum absolute atomic E-state index is 13.1. The summed E-state index contributed by atoms with van der Waals surface area (Å²) >= 11 is 1.38. The van der Waals surface area contributed by atoms with Crippen molar-refractivity contribution in [2.24, 2.45) is 0 Å². The summed E-state index contributed by atoms with van der Waals surface area (Å²) in [6, 6.07) is 8.81. The highest BCUT2D eigenvalue weighted by Gasteiger charge is 2.43. The molecule has 0 saturated heterocycles. The summed E-state index contributed by atoms with van der Waals surface area (Å²) in [5.41, 5.74) is -0.157. The molecule has 1 N–H and O–H groups in total. The van der Waals surface area contributed by atoms with Crippen LogP contribution < -0.4 is 15.8 Å². The first-order valence-corrected chi connectivity index (χ1v) is 8.94. The van der Waals surface area contributed by atoms with Gasteiger partial charge in [0, 0.05) is 0 Å². The summed E-state index contributed by atoms with van der Waals surface area (Å²) in [7, 11) is 0. The zero-order chi connectivity index (χ0) is 18.5. The van der Waals surface area contributed by atoms with Crippen molar-refractivity contribution in [3.63, 3.8) is 0 Å². The number of hydrogen-bond acceptors (Lipinski definition) is 5. The summed E-state index contributed by atoms with van der Waals surface area (Å²) in [6.07, 6.45) is 1.38. The van der Waals surface area contributed by atoms with E-state index in [1.807, 2.05) is 0 Å². The quantitative estimate of drug-likeness (QED) is 0.752. The molecule has 0 unspecified atom stereocenters. The third-order valence-corrected chi connectivity index (χ3v) is 5.33. The molecule has 3 aromatic rings. The summed E-state index contributed by atoms with van der Waals surface area (Å²) in [5.74, 6) is -0.626.